The van der Waals surface area contributed by atoms with Crippen LogP contribution in [-0.2, 0) is 10.8 Å². The van der Waals surface area contributed by atoms with Gasteiger partial charge in [0.05, 0.1) is 22.1 Å². The number of para-hydroxylation sites is 2. The number of nitrogens with zero attached hydrogens (tertiary/aromatic N) is 2. The van der Waals surface area contributed by atoms with E-state index in [0.29, 0.717) is 0 Å². The first kappa shape index (κ1) is 31.7. The van der Waals surface area contributed by atoms with Gasteiger partial charge in [-0.25, -0.2) is 0 Å². The van der Waals surface area contributed by atoms with Gasteiger partial charge in [0.2, 0.25) is 0 Å². The lowest BCUT2D eigenvalue weighted by molar-refractivity contribution is 0.660. The lowest BCUT2D eigenvalue weighted by atomic mass is 9.82. The molecule has 0 radical (unpaired) electrons. The van der Waals surface area contributed by atoms with E-state index in [2.05, 4.69) is 207 Å². The SMILES string of the molecule is CC1(C)c2ccccc2-c2cc(-n3c4ccccc4c4ccc(-c5ccc6c7ccccc7n(-c7ccc8c(c7)-c7ccccc7C8(C)C)c6c5)cc43)ccc21. The second-order valence-corrected chi connectivity index (χ2v) is 17.0. The summed E-state index contributed by atoms with van der Waals surface area (Å²) in [7, 11) is 0. The summed E-state index contributed by atoms with van der Waals surface area (Å²) in [6.07, 6.45) is 0. The van der Waals surface area contributed by atoms with Crippen molar-refractivity contribution in [3.05, 3.63) is 192 Å². The van der Waals surface area contributed by atoms with E-state index in [9.17, 15) is 0 Å². The molecule has 8 aromatic carbocycles. The first-order valence-corrected chi connectivity index (χ1v) is 19.9. The highest BCUT2D eigenvalue weighted by atomic mass is 15.0. The van der Waals surface area contributed by atoms with Crippen LogP contribution in [0.5, 0.6) is 0 Å². The van der Waals surface area contributed by atoms with Crippen LogP contribution < -0.4 is 0 Å². The Bertz CT molecular complexity index is 3090. The van der Waals surface area contributed by atoms with Crippen LogP contribution in [0.25, 0.3) is 88.4 Å². The maximum atomic E-state index is 2.47. The van der Waals surface area contributed by atoms with E-state index in [1.807, 2.05) is 0 Å². The Morgan fingerprint density at radius 1 is 0.304 bits per heavy atom. The quantitative estimate of drug-likeness (QED) is 0.172. The van der Waals surface area contributed by atoms with Gasteiger partial charge in [-0.15, -0.1) is 0 Å². The van der Waals surface area contributed by atoms with E-state index >= 15 is 0 Å². The zero-order valence-electron chi connectivity index (χ0n) is 32.1. The van der Waals surface area contributed by atoms with Gasteiger partial charge >= 0.3 is 0 Å². The Balaban J connectivity index is 1.06. The minimum absolute atomic E-state index is 0.0273. The summed E-state index contributed by atoms with van der Waals surface area (Å²) in [6, 6.07) is 63.8. The fourth-order valence-electron chi connectivity index (χ4n) is 10.6. The summed E-state index contributed by atoms with van der Waals surface area (Å²) in [5.41, 5.74) is 20.6. The monoisotopic (exact) mass is 716 g/mol. The molecule has 2 aliphatic carbocycles. The third kappa shape index (κ3) is 4.11. The maximum absolute atomic E-state index is 2.47. The van der Waals surface area contributed by atoms with Crippen molar-refractivity contribution in [2.45, 2.75) is 38.5 Å². The molecule has 0 saturated carbocycles. The van der Waals surface area contributed by atoms with Gasteiger partial charge in [0.15, 0.2) is 0 Å². The normalized spacial score (nSPS) is 14.7. The van der Waals surface area contributed by atoms with Gasteiger partial charge in [0, 0.05) is 43.7 Å². The zero-order valence-corrected chi connectivity index (χ0v) is 32.1. The second-order valence-electron chi connectivity index (χ2n) is 17.0. The molecule has 0 amide bonds. The van der Waals surface area contributed by atoms with E-state index < -0.39 is 0 Å². The van der Waals surface area contributed by atoms with Gasteiger partial charge in [0.1, 0.15) is 0 Å². The van der Waals surface area contributed by atoms with E-state index in [-0.39, 0.29) is 10.8 Å². The van der Waals surface area contributed by atoms with Gasteiger partial charge in [0.25, 0.3) is 0 Å². The van der Waals surface area contributed by atoms with Crippen LogP contribution in [0, 0.1) is 0 Å². The molecule has 2 heteroatoms. The molecule has 0 fully saturated rings. The molecule has 0 atom stereocenters. The summed E-state index contributed by atoms with van der Waals surface area (Å²) >= 11 is 0. The van der Waals surface area contributed by atoms with Crippen LogP contribution in [0.15, 0.2) is 170 Å². The average molecular weight is 717 g/mol. The molecule has 2 aliphatic rings. The Morgan fingerprint density at radius 3 is 1.14 bits per heavy atom. The highest BCUT2D eigenvalue weighted by molar-refractivity contribution is 6.12. The summed E-state index contributed by atoms with van der Waals surface area (Å²) in [5, 5.41) is 5.07. The van der Waals surface area contributed by atoms with Gasteiger partial charge in [-0.05, 0) is 104 Å². The molecule has 2 heterocycles. The van der Waals surface area contributed by atoms with E-state index in [1.54, 1.807) is 0 Å². The van der Waals surface area contributed by atoms with Crippen molar-refractivity contribution in [1.82, 2.24) is 9.13 Å². The van der Waals surface area contributed by atoms with Gasteiger partial charge in [-0.1, -0.05) is 149 Å². The predicted octanol–water partition coefficient (Wildman–Crippen LogP) is 14.2. The standard InChI is InChI=1S/C54H40N2/c1-53(2)45-17-9-5-13-37(45)43-31-35(23-27-47(43)53)55-49-19-11-7-15-39(49)41-25-21-33(29-51(41)55)34-22-26-42-40-16-8-12-20-50(40)56(52(42)30-34)36-24-28-48-44(32-36)38-14-6-10-18-46(38)54(48,3)4/h5-32H,1-4H3. The maximum Gasteiger partial charge on any atom is 0.0547 e. The molecule has 0 unspecified atom stereocenters. The topological polar surface area (TPSA) is 9.86 Å². The van der Waals surface area contributed by atoms with Crippen LogP contribution >= 0.6 is 0 Å². The van der Waals surface area contributed by atoms with Gasteiger partial charge < -0.3 is 9.13 Å². The molecule has 0 aliphatic heterocycles. The minimum atomic E-state index is -0.0273. The lowest BCUT2D eigenvalue weighted by Gasteiger charge is -2.21. The lowest BCUT2D eigenvalue weighted by Crippen LogP contribution is -2.14. The Labute approximate surface area is 326 Å². The molecule has 56 heavy (non-hydrogen) atoms. The highest BCUT2D eigenvalue weighted by Crippen LogP contribution is 2.51. The first-order chi connectivity index (χ1) is 27.3. The van der Waals surface area contributed by atoms with Gasteiger partial charge in [-0.3, -0.25) is 0 Å². The average Bonchev–Trinajstić information content (AvgIpc) is 3.89. The third-order valence-electron chi connectivity index (χ3n) is 13.3. The number of aromatic nitrogens is 2. The molecule has 2 nitrogen and oxygen atoms in total. The largest absolute Gasteiger partial charge is 0.309 e. The Kier molecular flexibility index (Phi) is 6.22. The number of fused-ring (bicyclic) bond motifs is 12. The Hall–Kier alpha value is -6.64. The predicted molar refractivity (Wildman–Crippen MR) is 236 cm³/mol. The minimum Gasteiger partial charge on any atom is -0.309 e. The van der Waals surface area contributed by atoms with Crippen LogP contribution in [0.3, 0.4) is 0 Å². The smallest absolute Gasteiger partial charge is 0.0547 e. The fourth-order valence-corrected chi connectivity index (χ4v) is 10.6. The van der Waals surface area contributed by atoms with Gasteiger partial charge in [-0.2, -0.15) is 0 Å². The van der Waals surface area contributed by atoms with Crippen molar-refractivity contribution in [3.8, 4) is 44.8 Å². The number of benzene rings is 8. The fraction of sp³-hybridized carbons (Fsp3) is 0.111. The summed E-state index contributed by atoms with van der Waals surface area (Å²) in [6.45, 7) is 9.41. The van der Waals surface area contributed by atoms with Crippen LogP contribution in [0.1, 0.15) is 49.9 Å². The van der Waals surface area contributed by atoms with Crippen LogP contribution in [0.4, 0.5) is 0 Å². The van der Waals surface area contributed by atoms with Crippen molar-refractivity contribution in [2.75, 3.05) is 0 Å². The summed E-state index contributed by atoms with van der Waals surface area (Å²) in [4.78, 5) is 0. The molecule has 2 aromatic heterocycles. The van der Waals surface area contributed by atoms with E-state index in [1.165, 1.54) is 111 Å². The van der Waals surface area contributed by atoms with Crippen molar-refractivity contribution in [3.63, 3.8) is 0 Å². The number of hydrogen-bond acceptors (Lipinski definition) is 0. The highest BCUT2D eigenvalue weighted by Gasteiger charge is 2.36. The summed E-state index contributed by atoms with van der Waals surface area (Å²) in [5.74, 6) is 0. The summed E-state index contributed by atoms with van der Waals surface area (Å²) < 4.78 is 4.95. The van der Waals surface area contributed by atoms with Crippen molar-refractivity contribution in [2.24, 2.45) is 0 Å². The van der Waals surface area contributed by atoms with Crippen molar-refractivity contribution < 1.29 is 0 Å². The van der Waals surface area contributed by atoms with Crippen molar-refractivity contribution >= 4 is 43.6 Å². The molecule has 0 bridgehead atoms. The van der Waals surface area contributed by atoms with Crippen LogP contribution in [-0.4, -0.2) is 9.13 Å². The van der Waals surface area contributed by atoms with E-state index in [4.69, 9.17) is 0 Å². The molecule has 0 spiro atoms. The molecular formula is C54H40N2. The molecule has 10 aromatic rings. The molecule has 266 valence electrons. The number of hydrogen-bond donors (Lipinski definition) is 0. The second kappa shape index (κ2) is 11.0. The molecule has 0 saturated heterocycles. The van der Waals surface area contributed by atoms with E-state index in [0.717, 1.165) is 0 Å². The first-order valence-electron chi connectivity index (χ1n) is 19.9. The molecular weight excluding hydrogens is 677 g/mol. The molecule has 0 N–H and O–H groups in total. The Morgan fingerprint density at radius 2 is 0.679 bits per heavy atom. The molecule has 12 rings (SSSR count). The third-order valence-corrected chi connectivity index (χ3v) is 13.3. The zero-order chi connectivity index (χ0) is 37.5. The van der Waals surface area contributed by atoms with Crippen molar-refractivity contribution in [1.29, 1.82) is 0 Å². The number of rotatable bonds is 3. The van der Waals surface area contributed by atoms with Crippen LogP contribution in [0.2, 0.25) is 0 Å².